The summed E-state index contributed by atoms with van der Waals surface area (Å²) in [4.78, 5) is 16.1. The molecule has 0 fully saturated rings. The maximum absolute atomic E-state index is 13.7. The molecule has 0 spiro atoms. The van der Waals surface area contributed by atoms with E-state index in [9.17, 15) is 9.18 Å². The summed E-state index contributed by atoms with van der Waals surface area (Å²) in [5.41, 5.74) is 7.00. The van der Waals surface area contributed by atoms with Crippen molar-refractivity contribution in [2.45, 2.75) is 6.92 Å². The van der Waals surface area contributed by atoms with E-state index in [2.05, 4.69) is 22.1 Å². The Kier molecular flexibility index (Phi) is 4.64. The Hall–Kier alpha value is -2.71. The minimum absolute atomic E-state index is 0.168. The zero-order chi connectivity index (χ0) is 15.2. The Morgan fingerprint density at radius 2 is 2.24 bits per heavy atom. The first-order chi connectivity index (χ1) is 10.1. The highest BCUT2D eigenvalue weighted by atomic mass is 19.1. The minimum atomic E-state index is -0.476. The van der Waals surface area contributed by atoms with E-state index in [0.29, 0.717) is 16.7 Å². The highest BCUT2D eigenvalue weighted by Crippen LogP contribution is 2.19. The van der Waals surface area contributed by atoms with Crippen molar-refractivity contribution in [1.82, 2.24) is 4.98 Å². The number of carbonyl (C=O) groups excluding carboxylic acids is 1. The van der Waals surface area contributed by atoms with Crippen LogP contribution in [0, 0.1) is 24.6 Å². The molecule has 0 saturated carbocycles. The van der Waals surface area contributed by atoms with Crippen LogP contribution < -0.4 is 11.1 Å². The van der Waals surface area contributed by atoms with E-state index in [0.717, 1.165) is 0 Å². The van der Waals surface area contributed by atoms with E-state index in [1.54, 1.807) is 25.1 Å². The van der Waals surface area contributed by atoms with Crippen molar-refractivity contribution < 1.29 is 9.18 Å². The van der Waals surface area contributed by atoms with Gasteiger partial charge >= 0.3 is 0 Å². The molecule has 0 aliphatic carbocycles. The van der Waals surface area contributed by atoms with E-state index >= 15 is 0 Å². The summed E-state index contributed by atoms with van der Waals surface area (Å²) in [7, 11) is 0. The number of carbonyl (C=O) groups is 1. The number of benzene rings is 1. The molecule has 1 heterocycles. The molecule has 0 saturated heterocycles. The molecule has 106 valence electrons. The Morgan fingerprint density at radius 1 is 1.43 bits per heavy atom. The number of aryl methyl sites for hydroxylation is 1. The van der Waals surface area contributed by atoms with Crippen molar-refractivity contribution in [2.75, 3.05) is 11.9 Å². The van der Waals surface area contributed by atoms with Gasteiger partial charge in [-0.2, -0.15) is 0 Å². The molecular weight excluding hydrogens is 269 g/mol. The molecular formula is C16H14FN3O. The summed E-state index contributed by atoms with van der Waals surface area (Å²) in [6.45, 7) is 1.95. The lowest BCUT2D eigenvalue weighted by Crippen LogP contribution is -2.14. The Morgan fingerprint density at radius 3 is 2.95 bits per heavy atom. The van der Waals surface area contributed by atoms with E-state index in [1.807, 2.05) is 0 Å². The fourth-order valence-corrected chi connectivity index (χ4v) is 1.76. The molecule has 2 aromatic rings. The molecule has 2 rings (SSSR count). The lowest BCUT2D eigenvalue weighted by Gasteiger charge is -2.09. The third-order valence-electron chi connectivity index (χ3n) is 2.80. The number of nitrogens with one attached hydrogen (secondary N) is 1. The third kappa shape index (κ3) is 3.65. The second-order valence-corrected chi connectivity index (χ2v) is 4.35. The average Bonchev–Trinajstić information content (AvgIpc) is 2.49. The van der Waals surface area contributed by atoms with Gasteiger partial charge in [0, 0.05) is 18.0 Å². The number of hydrogen-bond acceptors (Lipinski definition) is 3. The van der Waals surface area contributed by atoms with Crippen molar-refractivity contribution in [3.63, 3.8) is 0 Å². The van der Waals surface area contributed by atoms with Crippen LogP contribution in [0.4, 0.5) is 10.1 Å². The van der Waals surface area contributed by atoms with Gasteiger partial charge in [-0.05, 0) is 24.6 Å². The summed E-state index contributed by atoms with van der Waals surface area (Å²) in [5.74, 6) is 4.56. The Labute approximate surface area is 122 Å². The SMILES string of the molecule is Cc1cccc(F)c1NC(=O)c1cncc(C#CCN)c1. The number of rotatable bonds is 2. The maximum Gasteiger partial charge on any atom is 0.257 e. The van der Waals surface area contributed by atoms with Crippen LogP contribution in [-0.2, 0) is 0 Å². The van der Waals surface area contributed by atoms with Crippen LogP contribution in [0.3, 0.4) is 0 Å². The normalized spacial score (nSPS) is 9.67. The number of hydrogen-bond donors (Lipinski definition) is 2. The van der Waals surface area contributed by atoms with Crippen molar-refractivity contribution in [3.05, 3.63) is 59.2 Å². The van der Waals surface area contributed by atoms with Crippen LogP contribution in [0.15, 0.2) is 36.7 Å². The van der Waals surface area contributed by atoms with Crippen molar-refractivity contribution in [2.24, 2.45) is 5.73 Å². The smallest absolute Gasteiger partial charge is 0.257 e. The van der Waals surface area contributed by atoms with Gasteiger partial charge in [0.15, 0.2) is 0 Å². The number of halogens is 1. The first kappa shape index (κ1) is 14.7. The zero-order valence-electron chi connectivity index (χ0n) is 11.5. The molecule has 4 nitrogen and oxygen atoms in total. The van der Waals surface area contributed by atoms with Crippen LogP contribution in [0.5, 0.6) is 0 Å². The van der Waals surface area contributed by atoms with Crippen molar-refractivity contribution in [1.29, 1.82) is 0 Å². The number of aromatic nitrogens is 1. The molecule has 0 aliphatic rings. The van der Waals surface area contributed by atoms with Gasteiger partial charge < -0.3 is 11.1 Å². The summed E-state index contributed by atoms with van der Waals surface area (Å²) in [6, 6.07) is 6.19. The van der Waals surface area contributed by atoms with E-state index in [1.165, 1.54) is 18.5 Å². The third-order valence-corrected chi connectivity index (χ3v) is 2.80. The number of pyridine rings is 1. The monoisotopic (exact) mass is 283 g/mol. The molecule has 5 heteroatoms. The molecule has 1 aromatic carbocycles. The van der Waals surface area contributed by atoms with E-state index in [4.69, 9.17) is 5.73 Å². The Bertz CT molecular complexity index is 712. The average molecular weight is 283 g/mol. The Balaban J connectivity index is 2.25. The van der Waals surface area contributed by atoms with Crippen LogP contribution in [0.1, 0.15) is 21.5 Å². The van der Waals surface area contributed by atoms with Gasteiger partial charge in [-0.3, -0.25) is 9.78 Å². The van der Waals surface area contributed by atoms with Gasteiger partial charge in [-0.1, -0.05) is 24.0 Å². The molecule has 1 amide bonds. The molecule has 0 bridgehead atoms. The molecule has 1 aromatic heterocycles. The van der Waals surface area contributed by atoms with Crippen LogP contribution >= 0.6 is 0 Å². The minimum Gasteiger partial charge on any atom is -0.320 e. The largest absolute Gasteiger partial charge is 0.320 e. The van der Waals surface area contributed by atoms with Crippen molar-refractivity contribution >= 4 is 11.6 Å². The van der Waals surface area contributed by atoms with Gasteiger partial charge in [-0.15, -0.1) is 0 Å². The van der Waals surface area contributed by atoms with Gasteiger partial charge in [0.2, 0.25) is 0 Å². The van der Waals surface area contributed by atoms with Crippen LogP contribution in [-0.4, -0.2) is 17.4 Å². The topological polar surface area (TPSA) is 68.0 Å². The number of nitrogens with zero attached hydrogens (tertiary/aromatic N) is 1. The highest BCUT2D eigenvalue weighted by molar-refractivity contribution is 6.04. The summed E-state index contributed by atoms with van der Waals surface area (Å²) in [5, 5.41) is 2.55. The van der Waals surface area contributed by atoms with Gasteiger partial charge in [-0.25, -0.2) is 4.39 Å². The molecule has 0 atom stereocenters. The second kappa shape index (κ2) is 6.64. The van der Waals surface area contributed by atoms with Gasteiger partial charge in [0.05, 0.1) is 17.8 Å². The van der Waals surface area contributed by atoms with Crippen LogP contribution in [0.25, 0.3) is 0 Å². The van der Waals surface area contributed by atoms with Gasteiger partial charge in [0.25, 0.3) is 5.91 Å². The molecule has 21 heavy (non-hydrogen) atoms. The summed E-state index contributed by atoms with van der Waals surface area (Å²) >= 11 is 0. The number of para-hydroxylation sites is 1. The predicted octanol–water partition coefficient (Wildman–Crippen LogP) is 2.09. The van der Waals surface area contributed by atoms with Gasteiger partial charge in [0.1, 0.15) is 5.82 Å². The van der Waals surface area contributed by atoms with Crippen LogP contribution in [0.2, 0.25) is 0 Å². The zero-order valence-corrected chi connectivity index (χ0v) is 11.5. The van der Waals surface area contributed by atoms with Crippen molar-refractivity contribution in [3.8, 4) is 11.8 Å². The number of nitrogens with two attached hydrogens (primary N) is 1. The molecule has 0 radical (unpaired) electrons. The molecule has 3 N–H and O–H groups in total. The second-order valence-electron chi connectivity index (χ2n) is 4.35. The lowest BCUT2D eigenvalue weighted by molar-refractivity contribution is 0.102. The number of anilines is 1. The highest BCUT2D eigenvalue weighted by Gasteiger charge is 2.11. The quantitative estimate of drug-likeness (QED) is 0.829. The first-order valence-corrected chi connectivity index (χ1v) is 6.32. The van der Waals surface area contributed by atoms with E-state index in [-0.39, 0.29) is 12.2 Å². The maximum atomic E-state index is 13.7. The first-order valence-electron chi connectivity index (χ1n) is 6.32. The standard InChI is InChI=1S/C16H14FN3O/c1-11-4-2-6-14(17)15(11)20-16(21)13-8-12(5-3-7-18)9-19-10-13/h2,4,6,8-10H,7,18H2,1H3,(H,20,21). The summed E-state index contributed by atoms with van der Waals surface area (Å²) < 4.78 is 13.7. The molecule has 0 unspecified atom stereocenters. The number of amides is 1. The predicted molar refractivity (Wildman–Crippen MR) is 79.3 cm³/mol. The molecule has 0 aliphatic heterocycles. The summed E-state index contributed by atoms with van der Waals surface area (Å²) in [6.07, 6.45) is 2.94. The van der Waals surface area contributed by atoms with E-state index < -0.39 is 11.7 Å². The fourth-order valence-electron chi connectivity index (χ4n) is 1.76. The lowest BCUT2D eigenvalue weighted by atomic mass is 10.1. The fraction of sp³-hybridized carbons (Fsp3) is 0.125.